The standard InChI is InChI=1S/C24H21N5O6/c25-19-12-17-20(21(30)26-19)27-28-29(17)22-18(35-24(32)15-9-5-2-6-10-15)11-16(34-22)13-33-23(31)14-7-3-1-4-8-14/h1-10,12,16,18,22H,11,13H2,(H3,25,26,30)/t16-,18+,22+/m0/s1. The fourth-order valence-electron chi connectivity index (χ4n) is 3.91. The van der Waals surface area contributed by atoms with Gasteiger partial charge in [-0.15, -0.1) is 5.10 Å². The molecule has 2 aromatic heterocycles. The number of pyridine rings is 1. The van der Waals surface area contributed by atoms with Gasteiger partial charge in [0.1, 0.15) is 17.9 Å². The van der Waals surface area contributed by atoms with E-state index in [0.29, 0.717) is 16.6 Å². The maximum atomic E-state index is 12.8. The SMILES string of the molecule is Nc1cc2c(nnn2[C@@H]2O[C@H](COC(=O)c3ccccc3)C[C@H]2OC(=O)c2ccccc2)c(=O)[nH]1. The van der Waals surface area contributed by atoms with E-state index < -0.39 is 35.9 Å². The first-order valence-electron chi connectivity index (χ1n) is 10.9. The normalized spacial score (nSPS) is 19.5. The molecule has 0 unspecified atom stereocenters. The molecule has 2 aromatic carbocycles. The Hall–Kier alpha value is -4.51. The van der Waals surface area contributed by atoms with Crippen molar-refractivity contribution in [2.75, 3.05) is 12.3 Å². The van der Waals surface area contributed by atoms with Gasteiger partial charge in [0, 0.05) is 12.5 Å². The van der Waals surface area contributed by atoms with E-state index in [-0.39, 0.29) is 24.4 Å². The van der Waals surface area contributed by atoms with E-state index in [0.717, 1.165) is 0 Å². The molecule has 1 saturated heterocycles. The van der Waals surface area contributed by atoms with Crippen LogP contribution in [-0.2, 0) is 14.2 Å². The van der Waals surface area contributed by atoms with Crippen LogP contribution in [0, 0.1) is 0 Å². The predicted molar refractivity (Wildman–Crippen MR) is 123 cm³/mol. The van der Waals surface area contributed by atoms with Gasteiger partial charge in [-0.1, -0.05) is 41.6 Å². The molecule has 3 N–H and O–H groups in total. The van der Waals surface area contributed by atoms with Gasteiger partial charge in [0.15, 0.2) is 17.8 Å². The fraction of sp³-hybridized carbons (Fsp3) is 0.208. The van der Waals surface area contributed by atoms with Gasteiger partial charge >= 0.3 is 11.9 Å². The first-order chi connectivity index (χ1) is 17.0. The number of carbonyl (C=O) groups excluding carboxylic acids is 2. The molecule has 5 rings (SSSR count). The van der Waals surface area contributed by atoms with Gasteiger partial charge in [-0.2, -0.15) is 0 Å². The number of nitrogens with one attached hydrogen (secondary N) is 1. The molecule has 3 heterocycles. The van der Waals surface area contributed by atoms with Gasteiger partial charge in [-0.3, -0.25) is 4.79 Å². The Bertz CT molecular complexity index is 1420. The van der Waals surface area contributed by atoms with Crippen LogP contribution in [0.5, 0.6) is 0 Å². The van der Waals surface area contributed by atoms with Crippen LogP contribution in [-0.4, -0.2) is 50.7 Å². The molecule has 4 aromatic rings. The lowest BCUT2D eigenvalue weighted by Crippen LogP contribution is -2.26. The summed E-state index contributed by atoms with van der Waals surface area (Å²) in [6, 6.07) is 18.6. The summed E-state index contributed by atoms with van der Waals surface area (Å²) in [5.74, 6) is -0.927. The predicted octanol–water partition coefficient (Wildman–Crippen LogP) is 2.07. The van der Waals surface area contributed by atoms with Crippen molar-refractivity contribution in [2.24, 2.45) is 0 Å². The average molecular weight is 475 g/mol. The number of nitrogen functional groups attached to an aromatic ring is 1. The van der Waals surface area contributed by atoms with Crippen molar-refractivity contribution >= 4 is 28.8 Å². The molecule has 1 fully saturated rings. The first kappa shape index (κ1) is 22.3. The number of benzene rings is 2. The molecular formula is C24H21N5O6. The number of fused-ring (bicyclic) bond motifs is 1. The van der Waals surface area contributed by atoms with Crippen molar-refractivity contribution < 1.29 is 23.8 Å². The molecule has 0 radical (unpaired) electrons. The number of nitrogens with zero attached hydrogens (tertiary/aromatic N) is 3. The quantitative estimate of drug-likeness (QED) is 0.399. The van der Waals surface area contributed by atoms with Crippen molar-refractivity contribution in [3.8, 4) is 0 Å². The second-order valence-electron chi connectivity index (χ2n) is 7.98. The minimum absolute atomic E-state index is 0.0647. The summed E-state index contributed by atoms with van der Waals surface area (Å²) in [7, 11) is 0. The van der Waals surface area contributed by atoms with Crippen molar-refractivity contribution in [3.05, 3.63) is 88.2 Å². The van der Waals surface area contributed by atoms with Crippen LogP contribution in [0.15, 0.2) is 71.5 Å². The number of carbonyl (C=O) groups is 2. The molecule has 0 bridgehead atoms. The van der Waals surface area contributed by atoms with Gasteiger partial charge in [-0.25, -0.2) is 14.3 Å². The molecule has 1 aliphatic rings. The van der Waals surface area contributed by atoms with Crippen LogP contribution in [0.1, 0.15) is 33.4 Å². The molecular weight excluding hydrogens is 454 g/mol. The highest BCUT2D eigenvalue weighted by Gasteiger charge is 2.41. The van der Waals surface area contributed by atoms with Crippen molar-refractivity contribution in [2.45, 2.75) is 24.9 Å². The third kappa shape index (κ3) is 4.62. The second kappa shape index (κ2) is 9.39. The molecule has 1 aliphatic heterocycles. The number of rotatable bonds is 6. The monoisotopic (exact) mass is 475 g/mol. The Morgan fingerprint density at radius 2 is 1.71 bits per heavy atom. The van der Waals surface area contributed by atoms with Crippen LogP contribution < -0.4 is 11.3 Å². The lowest BCUT2D eigenvalue weighted by atomic mass is 10.2. The summed E-state index contributed by atoms with van der Waals surface area (Å²) in [5, 5.41) is 7.98. The van der Waals surface area contributed by atoms with Gasteiger partial charge in [-0.05, 0) is 24.3 Å². The van der Waals surface area contributed by atoms with Crippen LogP contribution in [0.2, 0.25) is 0 Å². The zero-order valence-corrected chi connectivity index (χ0v) is 18.4. The number of hydrogen-bond acceptors (Lipinski definition) is 9. The van der Waals surface area contributed by atoms with Crippen molar-refractivity contribution in [1.82, 2.24) is 20.0 Å². The number of hydrogen-bond donors (Lipinski definition) is 2. The third-order valence-corrected chi connectivity index (χ3v) is 5.56. The van der Waals surface area contributed by atoms with E-state index in [1.165, 1.54) is 10.7 Å². The van der Waals surface area contributed by atoms with Crippen molar-refractivity contribution in [3.63, 3.8) is 0 Å². The summed E-state index contributed by atoms with van der Waals surface area (Å²) < 4.78 is 18.6. The van der Waals surface area contributed by atoms with Crippen LogP contribution in [0.4, 0.5) is 5.82 Å². The molecule has 11 nitrogen and oxygen atoms in total. The molecule has 0 spiro atoms. The molecule has 35 heavy (non-hydrogen) atoms. The van der Waals surface area contributed by atoms with E-state index in [4.69, 9.17) is 19.9 Å². The number of aromatic amines is 1. The van der Waals surface area contributed by atoms with Crippen LogP contribution in [0.3, 0.4) is 0 Å². The van der Waals surface area contributed by atoms with Gasteiger partial charge in [0.05, 0.1) is 17.2 Å². The van der Waals surface area contributed by atoms with Gasteiger partial charge in [0.2, 0.25) is 0 Å². The number of aromatic nitrogens is 4. The number of ether oxygens (including phenoxy) is 3. The number of nitrogens with two attached hydrogens (primary N) is 1. The minimum atomic E-state index is -0.922. The largest absolute Gasteiger partial charge is 0.459 e. The number of anilines is 1. The molecule has 0 amide bonds. The van der Waals surface area contributed by atoms with E-state index in [9.17, 15) is 14.4 Å². The molecule has 3 atom stereocenters. The molecule has 0 aliphatic carbocycles. The Kier molecular flexibility index (Phi) is 5.98. The summed E-state index contributed by atoms with van der Waals surface area (Å²) in [6.45, 7) is -0.0705. The maximum Gasteiger partial charge on any atom is 0.338 e. The summed E-state index contributed by atoms with van der Waals surface area (Å²) in [5.41, 5.74) is 6.46. The number of esters is 2. The maximum absolute atomic E-state index is 12.8. The lowest BCUT2D eigenvalue weighted by molar-refractivity contribution is -0.0651. The van der Waals surface area contributed by atoms with Gasteiger partial charge in [0.25, 0.3) is 5.56 Å². The Morgan fingerprint density at radius 1 is 1.06 bits per heavy atom. The van der Waals surface area contributed by atoms with Gasteiger partial charge < -0.3 is 24.9 Å². The number of H-pyrrole nitrogens is 1. The van der Waals surface area contributed by atoms with E-state index in [2.05, 4.69) is 15.3 Å². The third-order valence-electron chi connectivity index (χ3n) is 5.56. The highest BCUT2D eigenvalue weighted by atomic mass is 16.6. The van der Waals surface area contributed by atoms with E-state index in [1.807, 2.05) is 0 Å². The minimum Gasteiger partial charge on any atom is -0.459 e. The first-order valence-corrected chi connectivity index (χ1v) is 10.9. The van der Waals surface area contributed by atoms with E-state index in [1.54, 1.807) is 60.7 Å². The fourth-order valence-corrected chi connectivity index (χ4v) is 3.91. The average Bonchev–Trinajstić information content (AvgIpc) is 3.47. The molecule has 11 heteroatoms. The van der Waals surface area contributed by atoms with Crippen LogP contribution in [0.25, 0.3) is 11.0 Å². The zero-order valence-electron chi connectivity index (χ0n) is 18.4. The smallest absolute Gasteiger partial charge is 0.338 e. The second-order valence-corrected chi connectivity index (χ2v) is 7.98. The topological polar surface area (TPSA) is 151 Å². The zero-order chi connectivity index (χ0) is 24.4. The molecule has 0 saturated carbocycles. The summed E-state index contributed by atoms with van der Waals surface area (Å²) >= 11 is 0. The van der Waals surface area contributed by atoms with E-state index >= 15 is 0 Å². The lowest BCUT2D eigenvalue weighted by Gasteiger charge is -2.19. The molecule has 178 valence electrons. The Balaban J connectivity index is 1.39. The summed E-state index contributed by atoms with van der Waals surface area (Å²) in [6.07, 6.45) is -2.09. The summed E-state index contributed by atoms with van der Waals surface area (Å²) in [4.78, 5) is 39.8. The highest BCUT2D eigenvalue weighted by molar-refractivity contribution is 5.90. The Labute approximate surface area is 198 Å². The highest BCUT2D eigenvalue weighted by Crippen LogP contribution is 2.33. The van der Waals surface area contributed by atoms with Crippen LogP contribution >= 0.6 is 0 Å². The Morgan fingerprint density at radius 3 is 2.40 bits per heavy atom. The van der Waals surface area contributed by atoms with Crippen molar-refractivity contribution in [1.29, 1.82) is 0 Å².